The molecule has 2 aromatic rings. The maximum atomic E-state index is 12.3. The Hall–Kier alpha value is -2.55. The van der Waals surface area contributed by atoms with E-state index in [1.165, 1.54) is 18.4 Å². The highest BCUT2D eigenvalue weighted by atomic mass is 32.2. The Balaban J connectivity index is 1.86. The lowest BCUT2D eigenvalue weighted by atomic mass is 9.87. The fraction of sp³-hybridized carbons (Fsp3) is 0.300. The molecule has 2 aromatic carbocycles. The molecule has 0 saturated heterocycles. The molecule has 2 aliphatic rings. The molecule has 1 N–H and O–H groups in total. The molecule has 8 heteroatoms. The zero-order valence-corrected chi connectivity index (χ0v) is 16.8. The van der Waals surface area contributed by atoms with Crippen molar-refractivity contribution in [1.29, 1.82) is 0 Å². The van der Waals surface area contributed by atoms with Crippen molar-refractivity contribution in [2.45, 2.75) is 17.9 Å². The molecule has 146 valence electrons. The minimum Gasteiger partial charge on any atom is -0.318 e. The number of benzene rings is 2. The summed E-state index contributed by atoms with van der Waals surface area (Å²) < 4.78 is 25.8. The number of carbonyl (C=O) groups excluding carboxylic acids is 2. The summed E-state index contributed by atoms with van der Waals surface area (Å²) in [6, 6.07) is 8.42. The van der Waals surface area contributed by atoms with Crippen molar-refractivity contribution >= 4 is 27.4 Å². The van der Waals surface area contributed by atoms with Crippen LogP contribution in [0.3, 0.4) is 0 Å². The molecule has 0 aromatic heterocycles. The molecule has 1 amide bonds. The third-order valence-corrected chi connectivity index (χ3v) is 7.18. The zero-order valence-electron chi connectivity index (χ0n) is 15.9. The van der Waals surface area contributed by atoms with Gasteiger partial charge < -0.3 is 10.2 Å². The Bertz CT molecular complexity index is 1110. The van der Waals surface area contributed by atoms with Crippen molar-refractivity contribution in [3.8, 4) is 11.1 Å². The molecule has 2 heterocycles. The zero-order chi connectivity index (χ0) is 20.2. The first kappa shape index (κ1) is 18.8. The lowest BCUT2D eigenvalue weighted by Crippen LogP contribution is -2.27. The van der Waals surface area contributed by atoms with E-state index in [-0.39, 0.29) is 4.90 Å². The van der Waals surface area contributed by atoms with Crippen LogP contribution in [0.5, 0.6) is 0 Å². The van der Waals surface area contributed by atoms with Crippen molar-refractivity contribution in [3.63, 3.8) is 0 Å². The van der Waals surface area contributed by atoms with E-state index in [4.69, 9.17) is 0 Å². The Morgan fingerprint density at radius 3 is 2.36 bits per heavy atom. The number of Topliss-reactive ketones (excluding diaryl/α,β-unsaturated/α-hetero) is 1. The molecule has 0 radical (unpaired) electrons. The first-order valence-electron chi connectivity index (χ1n) is 8.96. The molecule has 0 saturated carbocycles. The smallest absolute Gasteiger partial charge is 0.296 e. The summed E-state index contributed by atoms with van der Waals surface area (Å²) in [6.07, 6.45) is 0.788. The first-order valence-corrected chi connectivity index (χ1v) is 10.4. The number of ketones is 1. The minimum absolute atomic E-state index is 0.212. The number of sulfonamides is 1. The third kappa shape index (κ3) is 2.85. The number of likely N-dealkylation sites (N-methyl/N-ethyl adjacent to an activating group) is 1. The number of fused-ring (bicyclic) bond motifs is 3. The van der Waals surface area contributed by atoms with Gasteiger partial charge in [-0.3, -0.25) is 9.59 Å². The summed E-state index contributed by atoms with van der Waals surface area (Å²) in [5.41, 5.74) is 4.76. The molecule has 4 rings (SSSR count). The van der Waals surface area contributed by atoms with Crippen LogP contribution in [0.2, 0.25) is 0 Å². The summed E-state index contributed by atoms with van der Waals surface area (Å²) in [6.45, 7) is 1.51. The van der Waals surface area contributed by atoms with Crippen LogP contribution in [0.25, 0.3) is 11.1 Å². The van der Waals surface area contributed by atoms with E-state index in [9.17, 15) is 18.0 Å². The Morgan fingerprint density at radius 2 is 1.71 bits per heavy atom. The maximum Gasteiger partial charge on any atom is 0.296 e. The van der Waals surface area contributed by atoms with Crippen molar-refractivity contribution < 1.29 is 18.0 Å². The highest BCUT2D eigenvalue weighted by Gasteiger charge is 2.34. The van der Waals surface area contributed by atoms with Gasteiger partial charge in [0.15, 0.2) is 0 Å². The van der Waals surface area contributed by atoms with E-state index < -0.39 is 21.7 Å². The second-order valence-electron chi connectivity index (χ2n) is 7.39. The van der Waals surface area contributed by atoms with Gasteiger partial charge in [0, 0.05) is 27.2 Å². The van der Waals surface area contributed by atoms with Gasteiger partial charge in [-0.05, 0) is 53.9 Å². The molecule has 0 unspecified atom stereocenters. The molecule has 7 nitrogen and oxygen atoms in total. The predicted molar refractivity (Wildman–Crippen MR) is 106 cm³/mol. The van der Waals surface area contributed by atoms with Gasteiger partial charge in [0.25, 0.3) is 11.7 Å². The Kier molecular flexibility index (Phi) is 4.37. The summed E-state index contributed by atoms with van der Waals surface area (Å²) in [7, 11) is 1.48. The van der Waals surface area contributed by atoms with Crippen LogP contribution >= 0.6 is 0 Å². The van der Waals surface area contributed by atoms with Crippen LogP contribution < -0.4 is 5.32 Å². The van der Waals surface area contributed by atoms with E-state index in [0.717, 1.165) is 35.2 Å². The molecular weight excluding hydrogens is 378 g/mol. The lowest BCUT2D eigenvalue weighted by Gasteiger charge is -2.29. The van der Waals surface area contributed by atoms with Gasteiger partial charge in [-0.25, -0.2) is 12.7 Å². The lowest BCUT2D eigenvalue weighted by molar-refractivity contribution is -0.112. The maximum absolute atomic E-state index is 12.3. The van der Waals surface area contributed by atoms with Crippen LogP contribution in [0.4, 0.5) is 5.69 Å². The van der Waals surface area contributed by atoms with Gasteiger partial charge in [-0.1, -0.05) is 12.1 Å². The molecule has 0 spiro atoms. The molecule has 0 aliphatic carbocycles. The summed E-state index contributed by atoms with van der Waals surface area (Å²) >= 11 is 0. The minimum atomic E-state index is -3.51. The van der Waals surface area contributed by atoms with Gasteiger partial charge >= 0.3 is 0 Å². The van der Waals surface area contributed by atoms with E-state index in [1.54, 1.807) is 30.3 Å². The summed E-state index contributed by atoms with van der Waals surface area (Å²) in [5, 5.41) is 2.72. The summed E-state index contributed by atoms with van der Waals surface area (Å²) in [5.74, 6) is -1.13. The molecule has 0 bridgehead atoms. The first-order chi connectivity index (χ1) is 13.2. The molecule has 2 aliphatic heterocycles. The van der Waals surface area contributed by atoms with Crippen LogP contribution in [0.1, 0.15) is 21.5 Å². The number of amides is 1. The van der Waals surface area contributed by atoms with Gasteiger partial charge in [0.1, 0.15) is 0 Å². The van der Waals surface area contributed by atoms with Crippen LogP contribution in [-0.4, -0.2) is 57.0 Å². The highest BCUT2D eigenvalue weighted by Crippen LogP contribution is 2.40. The van der Waals surface area contributed by atoms with E-state index in [0.29, 0.717) is 17.8 Å². The second-order valence-corrected chi connectivity index (χ2v) is 9.54. The van der Waals surface area contributed by atoms with Crippen molar-refractivity contribution in [3.05, 3.63) is 47.0 Å². The van der Waals surface area contributed by atoms with E-state index in [1.807, 2.05) is 7.05 Å². The van der Waals surface area contributed by atoms with E-state index in [2.05, 4.69) is 10.2 Å². The van der Waals surface area contributed by atoms with Gasteiger partial charge in [0.05, 0.1) is 16.1 Å². The number of nitrogens with zero attached hydrogens (tertiary/aromatic N) is 2. The molecule has 0 fully saturated rings. The Morgan fingerprint density at radius 1 is 1.04 bits per heavy atom. The fourth-order valence-corrected chi connectivity index (χ4v) is 4.68. The largest absolute Gasteiger partial charge is 0.318 e. The number of hydrogen-bond acceptors (Lipinski definition) is 5. The molecule has 0 atom stereocenters. The monoisotopic (exact) mass is 399 g/mol. The van der Waals surface area contributed by atoms with Crippen molar-refractivity contribution in [1.82, 2.24) is 9.21 Å². The number of hydrogen-bond donors (Lipinski definition) is 1. The highest BCUT2D eigenvalue weighted by molar-refractivity contribution is 7.89. The Labute approximate surface area is 164 Å². The average Bonchev–Trinajstić information content (AvgIpc) is 2.95. The SMILES string of the molecule is CN1CCc2c(-c3ccc(S(=O)(=O)N(C)C)cc3)cc3c(c2C1)NC(=O)C3=O. The predicted octanol–water partition coefficient (Wildman–Crippen LogP) is 1.73. The quantitative estimate of drug-likeness (QED) is 0.795. The number of rotatable bonds is 3. The molecule has 28 heavy (non-hydrogen) atoms. The van der Waals surface area contributed by atoms with E-state index >= 15 is 0 Å². The van der Waals surface area contributed by atoms with Crippen molar-refractivity contribution in [2.24, 2.45) is 0 Å². The summed E-state index contributed by atoms with van der Waals surface area (Å²) in [4.78, 5) is 26.6. The van der Waals surface area contributed by atoms with Crippen LogP contribution in [-0.2, 0) is 27.8 Å². The number of carbonyl (C=O) groups is 2. The van der Waals surface area contributed by atoms with Crippen LogP contribution in [0, 0.1) is 0 Å². The average molecular weight is 399 g/mol. The van der Waals surface area contributed by atoms with Crippen LogP contribution in [0.15, 0.2) is 35.2 Å². The number of nitrogens with one attached hydrogen (secondary N) is 1. The standard InChI is InChI=1S/C20H21N3O4S/c1-22(2)28(26,27)13-6-4-12(5-7-13)15-10-16-18(21-20(25)19(16)24)17-11-23(3)9-8-14(15)17/h4-7,10H,8-9,11H2,1-3H3,(H,21,24,25). The van der Waals surface area contributed by atoms with Gasteiger partial charge in [-0.2, -0.15) is 0 Å². The fourth-order valence-electron chi connectivity index (χ4n) is 3.78. The number of anilines is 1. The third-order valence-electron chi connectivity index (χ3n) is 5.35. The topological polar surface area (TPSA) is 86.8 Å². The van der Waals surface area contributed by atoms with Gasteiger partial charge in [-0.15, -0.1) is 0 Å². The van der Waals surface area contributed by atoms with Gasteiger partial charge in [0.2, 0.25) is 10.0 Å². The van der Waals surface area contributed by atoms with Crippen molar-refractivity contribution in [2.75, 3.05) is 33.0 Å². The second kappa shape index (κ2) is 6.51. The molecular formula is C20H21N3O4S. The normalized spacial score (nSPS) is 16.9.